The highest BCUT2D eigenvalue weighted by Gasteiger charge is 2.33. The Hall–Kier alpha value is -14.8. The molecule has 1 aliphatic carbocycles. The van der Waals surface area contributed by atoms with E-state index in [4.69, 9.17) is 34.9 Å². The van der Waals surface area contributed by atoms with Crippen LogP contribution in [0.25, 0.3) is 82.7 Å². The Morgan fingerprint density at radius 3 is 1.40 bits per heavy atom. The van der Waals surface area contributed by atoms with Crippen molar-refractivity contribution in [3.63, 3.8) is 0 Å². The van der Waals surface area contributed by atoms with Gasteiger partial charge < -0.3 is 69.9 Å². The first-order valence-corrected chi connectivity index (χ1v) is 45.3. The Balaban J connectivity index is 0.000000119. The summed E-state index contributed by atoms with van der Waals surface area (Å²) in [4.78, 5) is 121. The molecule has 1 saturated carbocycles. The Kier molecular flexibility index (Phi) is 22.4. The number of aromatic amines is 1. The van der Waals surface area contributed by atoms with Crippen molar-refractivity contribution in [3.05, 3.63) is 243 Å². The van der Waals surface area contributed by atoms with Crippen LogP contribution in [0.15, 0.2) is 215 Å². The lowest BCUT2D eigenvalue weighted by Gasteiger charge is -2.30. The van der Waals surface area contributed by atoms with Gasteiger partial charge in [0.15, 0.2) is 36.8 Å². The molecule has 0 atom stereocenters. The molecule has 15 aromatic rings. The van der Waals surface area contributed by atoms with Gasteiger partial charge >= 0.3 is 0 Å². The van der Waals surface area contributed by atoms with Crippen LogP contribution in [-0.2, 0) is 40.4 Å². The Labute approximate surface area is 752 Å². The molecule has 1 saturated heterocycles. The maximum atomic E-state index is 13.6. The summed E-state index contributed by atoms with van der Waals surface area (Å²) in [6.07, 6.45) is 33.7. The molecule has 8 aromatic heterocycles. The van der Waals surface area contributed by atoms with Crippen molar-refractivity contribution in [2.45, 2.75) is 121 Å². The van der Waals surface area contributed by atoms with Crippen molar-refractivity contribution in [3.8, 4) is 34.3 Å². The van der Waals surface area contributed by atoms with E-state index in [1.54, 1.807) is 47.3 Å². The van der Waals surface area contributed by atoms with Gasteiger partial charge in [0, 0.05) is 108 Å². The van der Waals surface area contributed by atoms with E-state index in [1.165, 1.54) is 27.4 Å². The summed E-state index contributed by atoms with van der Waals surface area (Å²) < 4.78 is 30.0. The smallest absolute Gasteiger partial charge is 0.278 e. The van der Waals surface area contributed by atoms with Crippen LogP contribution < -0.4 is 67.3 Å². The number of carbonyl (C=O) groups excluding carboxylic acids is 3. The highest BCUT2D eigenvalue weighted by atomic mass is 16.5. The van der Waals surface area contributed by atoms with Crippen molar-refractivity contribution in [2.75, 3.05) is 111 Å². The summed E-state index contributed by atoms with van der Waals surface area (Å²) in [6, 6.07) is 45.1. The van der Waals surface area contributed by atoms with Gasteiger partial charge in [-0.25, -0.2) is 43.0 Å². The third-order valence-corrected chi connectivity index (χ3v) is 26.3. The molecule has 7 aliphatic heterocycles. The van der Waals surface area contributed by atoms with Crippen LogP contribution in [0.3, 0.4) is 0 Å². The molecular weight excluding hydrogens is 1660 g/mol. The van der Waals surface area contributed by atoms with E-state index in [1.807, 2.05) is 105 Å². The average molecular weight is 1760 g/mol. The van der Waals surface area contributed by atoms with Gasteiger partial charge in [-0.05, 0) is 255 Å². The summed E-state index contributed by atoms with van der Waals surface area (Å²) in [5, 5.41) is 16.0. The lowest BCUT2D eigenvalue weighted by molar-refractivity contribution is -0.122. The van der Waals surface area contributed by atoms with Crippen LogP contribution in [0.1, 0.15) is 100 Å². The highest BCUT2D eigenvalue weighted by Crippen LogP contribution is 2.42. The number of allylic oxidation sites excluding steroid dienone is 6. The number of likely N-dealkylation sites (tertiary alicyclic amines) is 1. The summed E-state index contributed by atoms with van der Waals surface area (Å²) in [5.41, 5.74) is 18.9. The number of nitrogens with one attached hydrogen (secondary N) is 4. The number of aromatic nitrogens is 14. The molecular formula is C99H101N23O9. The number of hydrogen-bond acceptors (Lipinski definition) is 21. The Morgan fingerprint density at radius 1 is 0.466 bits per heavy atom. The van der Waals surface area contributed by atoms with Crippen molar-refractivity contribution in [2.24, 2.45) is 5.73 Å². The van der Waals surface area contributed by atoms with Gasteiger partial charge in [-0.3, -0.25) is 28.8 Å². The Morgan fingerprint density at radius 2 is 0.924 bits per heavy atom. The van der Waals surface area contributed by atoms with Gasteiger partial charge in [-0.2, -0.15) is 15.0 Å². The summed E-state index contributed by atoms with van der Waals surface area (Å²) >= 11 is 0. The van der Waals surface area contributed by atoms with Crippen LogP contribution in [0.4, 0.5) is 52.0 Å². The van der Waals surface area contributed by atoms with Gasteiger partial charge in [0.25, 0.3) is 34.4 Å². The fourth-order valence-electron chi connectivity index (χ4n) is 19.4. The second kappa shape index (κ2) is 35.4. The topological polar surface area (TPSA) is 336 Å². The first kappa shape index (κ1) is 83.2. The number of H-pyrrole nitrogens is 1. The van der Waals surface area contributed by atoms with Crippen molar-refractivity contribution < 1.29 is 28.6 Å². The van der Waals surface area contributed by atoms with Gasteiger partial charge in [0.1, 0.15) is 33.4 Å². The van der Waals surface area contributed by atoms with E-state index in [-0.39, 0.29) is 54.2 Å². The second-order valence-electron chi connectivity index (χ2n) is 35.1. The molecule has 0 radical (unpaired) electrons. The highest BCUT2D eigenvalue weighted by molar-refractivity contribution is 6.01. The van der Waals surface area contributed by atoms with Crippen LogP contribution in [-0.4, -0.2) is 181 Å². The number of hydrogen-bond donors (Lipinski definition) is 5. The normalized spacial score (nSPS) is 17.6. The number of amides is 3. The van der Waals surface area contributed by atoms with Crippen LogP contribution in [0, 0.1) is 0 Å². The van der Waals surface area contributed by atoms with Crippen molar-refractivity contribution in [1.82, 2.24) is 77.3 Å². The van der Waals surface area contributed by atoms with Gasteiger partial charge in [0.05, 0.1) is 53.8 Å². The predicted octanol–water partition coefficient (Wildman–Crippen LogP) is 14.1. The standard InChI is InChI=1S/2C33H34N8O3.C33H33N7O3/c1-38-14-10-21(11-15-38)25-18-34-27-8-6-22(16-24(25)27)36-33-35-19-26-31(37-33)41-23-7-9-29-28(17-23)39(30(42)20-44-29)12-4-2-3-5-13-40(41)32(26)43;34-22-5-8-24(9-6-22)38-16-13-21-17-23(7-11-27(21)38)36-33-35-19-26-31(37-33)41-25-10-12-29-28(18-25)39(30(42)20-44-29)14-3-1-2-4-15-40(41)32(26)43;1-37(2)17-14-22-8-7-9-23-18-24(10-12-26(22)23)35-33-34-20-27-31(36-33)40-25-11-13-29-28(19-25)38(30(41)21-43-29)15-5-3-4-6-16-39(40)32(27)42/h3,5-9,16-19,21,34H,2,4,10-15,20H2,1H3,(H,35,36,37);2,4,7,10-13,16-19,22,24H,1,3,5-6,8-9,14-15,20,34H2,(H,35,36,37);4,6-13,18-20H,3,5,14-17,21H2,1-2H3,(H,34,35,36). The minimum atomic E-state index is -0.180. The zero-order valence-corrected chi connectivity index (χ0v) is 73.3. The molecule has 23 rings (SSSR count). The quantitative estimate of drug-likeness (QED) is 0.0751. The predicted molar refractivity (Wildman–Crippen MR) is 509 cm³/mol. The zero-order chi connectivity index (χ0) is 89.1. The van der Waals surface area contributed by atoms with Crippen LogP contribution in [0.2, 0.25) is 0 Å². The number of carbonyl (C=O) groups is 3. The number of nitrogens with zero attached hydrogens (tertiary/aromatic N) is 18. The number of piperidine rings is 1. The number of anilines is 9. The lowest BCUT2D eigenvalue weighted by atomic mass is 9.89. The molecule has 8 aliphatic rings. The molecule has 32 heteroatoms. The summed E-state index contributed by atoms with van der Waals surface area (Å²) in [5.74, 6) is 3.44. The maximum Gasteiger partial charge on any atom is 0.278 e. The summed E-state index contributed by atoms with van der Waals surface area (Å²) in [7, 11) is 6.35. The summed E-state index contributed by atoms with van der Waals surface area (Å²) in [6.45, 7) is 6.21. The SMILES string of the molecule is CN(C)CCc1cccc2cc(Nc3ncc4c(=O)n5n(c4n3)-c3ccc4c(c3)N(CCCC=CC5)C(=O)CO4)ccc12.CN1CCC(c2c[nH]c3ccc(Nc4ncc5c(=O)n6n(c5n4)-c4ccc5c(c4)N(CCCC=CC6)C(=O)CO5)cc23)CC1.NC1CCC(n2ccc3cc(Nc4ncc5c(=O)n6n(c5n4)-c4ccc5c(c4)N(CCCC=CC6)C(=O)CO5)ccc32)CC1. The third kappa shape index (κ3) is 16.3. The minimum absolute atomic E-state index is 0.0212. The largest absolute Gasteiger partial charge is 0.482 e. The lowest BCUT2D eigenvalue weighted by Crippen LogP contribution is -2.39. The van der Waals surface area contributed by atoms with E-state index in [2.05, 4.69) is 163 Å². The molecule has 0 spiro atoms. The molecule has 15 heterocycles. The number of ether oxygens (including phenoxy) is 3. The van der Waals surface area contributed by atoms with E-state index in [0.717, 1.165) is 136 Å². The van der Waals surface area contributed by atoms with Crippen molar-refractivity contribution in [1.29, 1.82) is 0 Å². The maximum absolute atomic E-state index is 13.6. The van der Waals surface area contributed by atoms with Crippen molar-refractivity contribution >= 4 is 135 Å². The first-order valence-electron chi connectivity index (χ1n) is 45.3. The minimum Gasteiger partial charge on any atom is -0.482 e. The third-order valence-electron chi connectivity index (χ3n) is 26.3. The molecule has 666 valence electrons. The van der Waals surface area contributed by atoms with E-state index in [0.29, 0.717) is 160 Å². The first-order chi connectivity index (χ1) is 64.0. The number of fused-ring (bicyclic) bond motifs is 18. The van der Waals surface area contributed by atoms with E-state index in [9.17, 15) is 28.8 Å². The molecule has 32 nitrogen and oxygen atoms in total. The molecule has 7 aromatic carbocycles. The molecule has 2 fully saturated rings. The monoisotopic (exact) mass is 1760 g/mol. The molecule has 3 amide bonds. The van der Waals surface area contributed by atoms with Crippen LogP contribution in [0.5, 0.6) is 17.2 Å². The van der Waals surface area contributed by atoms with Crippen LogP contribution >= 0.6 is 0 Å². The van der Waals surface area contributed by atoms with Gasteiger partial charge in [0.2, 0.25) is 17.8 Å². The van der Waals surface area contributed by atoms with E-state index >= 15 is 0 Å². The zero-order valence-electron chi connectivity index (χ0n) is 73.3. The molecule has 6 N–H and O–H groups in total. The molecule has 6 bridgehead atoms. The number of rotatable bonds is 11. The fourth-order valence-corrected chi connectivity index (χ4v) is 19.4. The second-order valence-corrected chi connectivity index (χ2v) is 35.1. The molecule has 131 heavy (non-hydrogen) atoms. The van der Waals surface area contributed by atoms with E-state index < -0.39 is 0 Å². The number of benzene rings is 7. The van der Waals surface area contributed by atoms with Gasteiger partial charge in [-0.1, -0.05) is 60.7 Å². The number of likely N-dealkylation sites (N-methyl/N-ethyl adjacent to an activating group) is 1. The number of nitrogens with two attached hydrogens (primary N) is 1. The Bertz CT molecular complexity index is 7310. The fraction of sp³-hybridized carbons (Fsp3) is 0.313. The molecule has 0 unspecified atom stereocenters. The average Bonchev–Trinajstić information content (AvgIpc) is 1.61. The van der Waals surface area contributed by atoms with Gasteiger partial charge in [-0.15, -0.1) is 0 Å².